The fourth-order valence-electron chi connectivity index (χ4n) is 4.58. The van der Waals surface area contributed by atoms with E-state index in [1.54, 1.807) is 4.90 Å². The van der Waals surface area contributed by atoms with Gasteiger partial charge in [-0.15, -0.1) is 0 Å². The number of carbonyl (C=O) groups excluding carboxylic acids is 3. The molecular weight excluding hydrogens is 344 g/mol. The molecule has 2 fully saturated rings. The lowest BCUT2D eigenvalue weighted by molar-refractivity contribution is -0.151. The van der Waals surface area contributed by atoms with Gasteiger partial charge in [-0.2, -0.15) is 0 Å². The van der Waals surface area contributed by atoms with Gasteiger partial charge in [0.1, 0.15) is 0 Å². The highest BCUT2D eigenvalue weighted by molar-refractivity contribution is 5.96. The Morgan fingerprint density at radius 2 is 1.89 bits per heavy atom. The number of esters is 1. The molecule has 0 N–H and O–H groups in total. The van der Waals surface area contributed by atoms with Crippen molar-refractivity contribution < 1.29 is 19.1 Å². The Labute approximate surface area is 159 Å². The van der Waals surface area contributed by atoms with Gasteiger partial charge in [-0.3, -0.25) is 14.4 Å². The molecule has 2 aliphatic heterocycles. The number of para-hydroxylation sites is 1. The van der Waals surface area contributed by atoms with Gasteiger partial charge in [0.2, 0.25) is 5.91 Å². The van der Waals surface area contributed by atoms with Crippen molar-refractivity contribution in [1.29, 1.82) is 0 Å². The Bertz CT molecular complexity index is 741. The lowest BCUT2D eigenvalue weighted by Gasteiger charge is -2.29. The maximum absolute atomic E-state index is 12.6. The molecule has 1 saturated heterocycles. The van der Waals surface area contributed by atoms with Gasteiger partial charge in [-0.25, -0.2) is 0 Å². The highest BCUT2D eigenvalue weighted by atomic mass is 16.5. The summed E-state index contributed by atoms with van der Waals surface area (Å²) in [5.41, 5.74) is 2.06. The minimum Gasteiger partial charge on any atom is -0.455 e. The monoisotopic (exact) mass is 370 g/mol. The molecule has 0 radical (unpaired) electrons. The molecule has 1 aromatic carbocycles. The molecule has 27 heavy (non-hydrogen) atoms. The van der Waals surface area contributed by atoms with E-state index in [-0.39, 0.29) is 30.9 Å². The van der Waals surface area contributed by atoms with Gasteiger partial charge in [0.25, 0.3) is 5.91 Å². The summed E-state index contributed by atoms with van der Waals surface area (Å²) in [7, 11) is 0. The smallest absolute Gasteiger partial charge is 0.311 e. The molecule has 6 nitrogen and oxygen atoms in total. The molecule has 1 saturated carbocycles. The Morgan fingerprint density at radius 1 is 1.11 bits per heavy atom. The van der Waals surface area contributed by atoms with Gasteiger partial charge in [-0.1, -0.05) is 31.0 Å². The molecule has 1 aromatic rings. The van der Waals surface area contributed by atoms with Crippen molar-refractivity contribution in [2.24, 2.45) is 5.92 Å². The van der Waals surface area contributed by atoms with Crippen molar-refractivity contribution in [3.8, 4) is 0 Å². The number of benzene rings is 1. The number of amides is 2. The van der Waals surface area contributed by atoms with Crippen LogP contribution < -0.4 is 4.90 Å². The van der Waals surface area contributed by atoms with Crippen molar-refractivity contribution in [2.75, 3.05) is 24.6 Å². The van der Waals surface area contributed by atoms with Crippen LogP contribution in [0, 0.1) is 5.92 Å². The fourth-order valence-corrected chi connectivity index (χ4v) is 4.58. The number of hydrogen-bond donors (Lipinski definition) is 0. The summed E-state index contributed by atoms with van der Waals surface area (Å²) in [6, 6.07) is 8.13. The summed E-state index contributed by atoms with van der Waals surface area (Å²) in [5.74, 6) is -1.03. The van der Waals surface area contributed by atoms with Crippen LogP contribution in [0.4, 0.5) is 5.69 Å². The largest absolute Gasteiger partial charge is 0.455 e. The van der Waals surface area contributed by atoms with Crippen molar-refractivity contribution in [2.45, 2.75) is 51.0 Å². The lowest BCUT2D eigenvalue weighted by atomic mass is 10.0. The van der Waals surface area contributed by atoms with Gasteiger partial charge in [0, 0.05) is 31.2 Å². The molecule has 1 aliphatic carbocycles. The summed E-state index contributed by atoms with van der Waals surface area (Å²) in [6.45, 7) is 0.815. The van der Waals surface area contributed by atoms with E-state index in [2.05, 4.69) is 0 Å². The van der Waals surface area contributed by atoms with Crippen molar-refractivity contribution in [3.05, 3.63) is 29.8 Å². The maximum Gasteiger partial charge on any atom is 0.311 e. The number of aryl methyl sites for hydroxylation is 1. The van der Waals surface area contributed by atoms with Crippen molar-refractivity contribution in [1.82, 2.24) is 4.90 Å². The molecular formula is C21H26N2O4. The molecule has 2 heterocycles. The molecule has 0 unspecified atom stereocenters. The van der Waals surface area contributed by atoms with Gasteiger partial charge in [-0.05, 0) is 37.3 Å². The van der Waals surface area contributed by atoms with E-state index in [1.807, 2.05) is 29.2 Å². The van der Waals surface area contributed by atoms with Crippen molar-refractivity contribution in [3.63, 3.8) is 0 Å². The van der Waals surface area contributed by atoms with E-state index in [1.165, 1.54) is 0 Å². The quantitative estimate of drug-likeness (QED) is 0.763. The Hall–Kier alpha value is -2.37. The van der Waals surface area contributed by atoms with Crippen LogP contribution in [0.3, 0.4) is 0 Å². The number of rotatable bonds is 4. The van der Waals surface area contributed by atoms with Crippen molar-refractivity contribution >= 4 is 23.5 Å². The number of nitrogens with zero attached hydrogens (tertiary/aromatic N) is 2. The molecule has 1 atom stereocenters. The highest BCUT2D eigenvalue weighted by Crippen LogP contribution is 2.30. The first-order chi connectivity index (χ1) is 13.1. The highest BCUT2D eigenvalue weighted by Gasteiger charge is 2.39. The van der Waals surface area contributed by atoms with E-state index in [0.717, 1.165) is 49.8 Å². The number of ether oxygens (including phenoxy) is 1. The minimum absolute atomic E-state index is 0.0418. The third-order valence-corrected chi connectivity index (χ3v) is 6.01. The van der Waals surface area contributed by atoms with Gasteiger partial charge in [0.05, 0.1) is 5.92 Å². The fraction of sp³-hybridized carbons (Fsp3) is 0.571. The summed E-state index contributed by atoms with van der Waals surface area (Å²) >= 11 is 0. The number of hydrogen-bond acceptors (Lipinski definition) is 4. The van der Waals surface area contributed by atoms with Crippen LogP contribution in [-0.2, 0) is 25.5 Å². The van der Waals surface area contributed by atoms with Crippen LogP contribution in [0.15, 0.2) is 24.3 Å². The SMILES string of the molecule is O=C(OCC(=O)N1CCCc2ccccc21)[C@H]1CC(=O)N(C2CCCC2)C1. The molecule has 144 valence electrons. The predicted molar refractivity (Wildman–Crippen MR) is 100 cm³/mol. The van der Waals surface area contributed by atoms with E-state index in [9.17, 15) is 14.4 Å². The van der Waals surface area contributed by atoms with Crippen LogP contribution in [0.25, 0.3) is 0 Å². The Balaban J connectivity index is 1.32. The lowest BCUT2D eigenvalue weighted by Crippen LogP contribution is -2.39. The number of anilines is 1. The number of fused-ring (bicyclic) bond motifs is 1. The normalized spacial score (nSPS) is 22.8. The molecule has 0 spiro atoms. The second kappa shape index (κ2) is 7.71. The van der Waals surface area contributed by atoms with E-state index >= 15 is 0 Å². The first-order valence-electron chi connectivity index (χ1n) is 9.98. The summed E-state index contributed by atoms with van der Waals surface area (Å²) in [4.78, 5) is 40.8. The summed E-state index contributed by atoms with van der Waals surface area (Å²) < 4.78 is 5.31. The summed E-state index contributed by atoms with van der Waals surface area (Å²) in [5, 5.41) is 0. The maximum atomic E-state index is 12.6. The standard InChI is InChI=1S/C21H26N2O4/c24-19-12-16(13-23(19)17-8-2-3-9-17)21(26)27-14-20(25)22-11-5-7-15-6-1-4-10-18(15)22/h1,4,6,10,16-17H,2-3,5,7-9,11-14H2/t16-/m0/s1. The van der Waals surface area contributed by atoms with E-state index in [4.69, 9.17) is 4.74 Å². The second-order valence-corrected chi connectivity index (χ2v) is 7.77. The molecule has 4 rings (SSSR count). The zero-order valence-electron chi connectivity index (χ0n) is 15.6. The van der Waals surface area contributed by atoms with Gasteiger partial charge >= 0.3 is 5.97 Å². The van der Waals surface area contributed by atoms with Gasteiger partial charge < -0.3 is 14.5 Å². The van der Waals surface area contributed by atoms with Crippen LogP contribution >= 0.6 is 0 Å². The molecule has 6 heteroatoms. The number of likely N-dealkylation sites (tertiary alicyclic amines) is 1. The van der Waals surface area contributed by atoms with Gasteiger partial charge in [0.15, 0.2) is 6.61 Å². The van der Waals surface area contributed by atoms with E-state index in [0.29, 0.717) is 13.1 Å². The van der Waals surface area contributed by atoms with Crippen LogP contribution in [0.5, 0.6) is 0 Å². The third kappa shape index (κ3) is 3.70. The third-order valence-electron chi connectivity index (χ3n) is 6.01. The molecule has 0 bridgehead atoms. The minimum atomic E-state index is -0.445. The number of carbonyl (C=O) groups is 3. The predicted octanol–water partition coefficient (Wildman–Crippen LogP) is 2.30. The van der Waals surface area contributed by atoms with Crippen LogP contribution in [-0.4, -0.2) is 48.4 Å². The van der Waals surface area contributed by atoms with E-state index < -0.39 is 11.9 Å². The average Bonchev–Trinajstić information content (AvgIpc) is 3.35. The zero-order valence-corrected chi connectivity index (χ0v) is 15.6. The van der Waals surface area contributed by atoms with Crippen LogP contribution in [0.2, 0.25) is 0 Å². The first-order valence-corrected chi connectivity index (χ1v) is 9.98. The average molecular weight is 370 g/mol. The Morgan fingerprint density at radius 3 is 2.70 bits per heavy atom. The summed E-state index contributed by atoms with van der Waals surface area (Å²) in [6.07, 6.45) is 6.42. The molecule has 3 aliphatic rings. The second-order valence-electron chi connectivity index (χ2n) is 7.77. The first kappa shape index (κ1) is 18.0. The Kier molecular flexibility index (Phi) is 5.14. The molecule has 0 aromatic heterocycles. The molecule has 2 amide bonds. The zero-order chi connectivity index (χ0) is 18.8. The topological polar surface area (TPSA) is 66.9 Å². The van der Waals surface area contributed by atoms with Crippen LogP contribution in [0.1, 0.15) is 44.1 Å².